The molecule has 1 atom stereocenters. The number of nitrogens with zero attached hydrogens (tertiary/aromatic N) is 3. The van der Waals surface area contributed by atoms with Gasteiger partial charge in [-0.15, -0.1) is 0 Å². The van der Waals surface area contributed by atoms with Crippen molar-refractivity contribution < 1.29 is 19.2 Å². The molecule has 2 amide bonds. The van der Waals surface area contributed by atoms with Gasteiger partial charge in [-0.1, -0.05) is 41.6 Å². The molecule has 1 heterocycles. The third-order valence-corrected chi connectivity index (χ3v) is 6.39. The maximum absolute atomic E-state index is 13.1. The SMILES string of the molecule is COCCCN1C(=O)C(CC(=O)Nc2cc([N+](=O)[O-])ccc2Cl)SC1=Nc1ccccc1C. The summed E-state index contributed by atoms with van der Waals surface area (Å²) in [6.07, 6.45) is 0.494. The molecule has 0 radical (unpaired) electrons. The van der Waals surface area contributed by atoms with Crippen LogP contribution in [-0.2, 0) is 14.3 Å². The molecule has 174 valence electrons. The molecular weight excluding hydrogens is 468 g/mol. The number of benzene rings is 2. The van der Waals surface area contributed by atoms with Crippen LogP contribution in [0, 0.1) is 17.0 Å². The van der Waals surface area contributed by atoms with Gasteiger partial charge in [0.25, 0.3) is 5.69 Å². The number of anilines is 1. The summed E-state index contributed by atoms with van der Waals surface area (Å²) in [6, 6.07) is 11.4. The Morgan fingerprint density at radius 3 is 2.79 bits per heavy atom. The number of thioether (sulfide) groups is 1. The molecule has 1 saturated heterocycles. The molecule has 1 aliphatic heterocycles. The van der Waals surface area contributed by atoms with E-state index in [9.17, 15) is 19.7 Å². The first-order valence-electron chi connectivity index (χ1n) is 10.1. The molecule has 0 aromatic heterocycles. The zero-order valence-corrected chi connectivity index (χ0v) is 19.7. The van der Waals surface area contributed by atoms with E-state index in [1.807, 2.05) is 31.2 Å². The van der Waals surface area contributed by atoms with Gasteiger partial charge in [-0.2, -0.15) is 0 Å². The minimum absolute atomic E-state index is 0.122. The summed E-state index contributed by atoms with van der Waals surface area (Å²) in [4.78, 5) is 42.4. The summed E-state index contributed by atoms with van der Waals surface area (Å²) in [5, 5.41) is 13.6. The van der Waals surface area contributed by atoms with Crippen LogP contribution in [0.25, 0.3) is 0 Å². The normalized spacial score (nSPS) is 16.9. The van der Waals surface area contributed by atoms with E-state index in [4.69, 9.17) is 16.3 Å². The second-order valence-electron chi connectivity index (χ2n) is 7.30. The minimum Gasteiger partial charge on any atom is -0.385 e. The van der Waals surface area contributed by atoms with Crippen molar-refractivity contribution in [2.24, 2.45) is 4.99 Å². The third kappa shape index (κ3) is 6.31. The summed E-state index contributed by atoms with van der Waals surface area (Å²) in [7, 11) is 1.59. The predicted octanol–water partition coefficient (Wildman–Crippen LogP) is 4.55. The van der Waals surface area contributed by atoms with Gasteiger partial charge in [0, 0.05) is 38.8 Å². The topological polar surface area (TPSA) is 114 Å². The van der Waals surface area contributed by atoms with Crippen LogP contribution in [0.3, 0.4) is 0 Å². The number of hydrogen-bond donors (Lipinski definition) is 1. The summed E-state index contributed by atoms with van der Waals surface area (Å²) >= 11 is 7.29. The maximum atomic E-state index is 13.1. The number of nitrogens with one attached hydrogen (secondary N) is 1. The number of carbonyl (C=O) groups excluding carboxylic acids is 2. The molecule has 1 unspecified atom stereocenters. The van der Waals surface area contributed by atoms with Crippen molar-refractivity contribution in [3.05, 3.63) is 63.2 Å². The highest BCUT2D eigenvalue weighted by molar-refractivity contribution is 8.15. The standard InChI is InChI=1S/C22H23ClN4O5S/c1-14-6-3-4-7-17(14)25-22-26(10-5-11-32-2)21(29)19(33-22)13-20(28)24-18-12-15(27(30)31)8-9-16(18)23/h3-4,6-9,12,19H,5,10-11,13H2,1-2H3,(H,24,28). The van der Waals surface area contributed by atoms with Crippen molar-refractivity contribution in [2.75, 3.05) is 25.6 Å². The first-order valence-corrected chi connectivity index (χ1v) is 11.4. The van der Waals surface area contributed by atoms with Crippen molar-refractivity contribution >= 4 is 57.4 Å². The van der Waals surface area contributed by atoms with Crippen molar-refractivity contribution in [3.8, 4) is 0 Å². The lowest BCUT2D eigenvalue weighted by Crippen LogP contribution is -2.34. The fourth-order valence-electron chi connectivity index (χ4n) is 3.18. The van der Waals surface area contributed by atoms with Crippen LogP contribution in [0.1, 0.15) is 18.4 Å². The molecule has 1 N–H and O–H groups in total. The third-order valence-electron chi connectivity index (χ3n) is 4.89. The van der Waals surface area contributed by atoms with Gasteiger partial charge < -0.3 is 10.1 Å². The Hall–Kier alpha value is -2.95. The number of aryl methyl sites for hydroxylation is 1. The molecular formula is C22H23ClN4O5S. The smallest absolute Gasteiger partial charge is 0.271 e. The summed E-state index contributed by atoms with van der Waals surface area (Å²) in [6.45, 7) is 2.84. The van der Waals surface area contributed by atoms with Gasteiger partial charge in [0.05, 0.1) is 21.3 Å². The largest absolute Gasteiger partial charge is 0.385 e. The second-order valence-corrected chi connectivity index (χ2v) is 8.87. The van der Waals surface area contributed by atoms with Crippen LogP contribution in [0.2, 0.25) is 5.02 Å². The van der Waals surface area contributed by atoms with E-state index < -0.39 is 16.1 Å². The number of aliphatic imine (C=N–C) groups is 1. The number of amidine groups is 1. The number of amides is 2. The lowest BCUT2D eigenvalue weighted by molar-refractivity contribution is -0.384. The Labute approximate surface area is 200 Å². The van der Waals surface area contributed by atoms with Crippen molar-refractivity contribution in [3.63, 3.8) is 0 Å². The lowest BCUT2D eigenvalue weighted by atomic mass is 10.2. The van der Waals surface area contributed by atoms with Crippen LogP contribution < -0.4 is 5.32 Å². The average molecular weight is 491 g/mol. The highest BCUT2D eigenvalue weighted by atomic mass is 35.5. The highest BCUT2D eigenvalue weighted by Gasteiger charge is 2.39. The van der Waals surface area contributed by atoms with Gasteiger partial charge in [-0.05, 0) is 31.0 Å². The molecule has 2 aromatic rings. The molecule has 1 aliphatic rings. The lowest BCUT2D eigenvalue weighted by Gasteiger charge is -2.16. The molecule has 0 bridgehead atoms. The Balaban J connectivity index is 1.77. The zero-order chi connectivity index (χ0) is 24.0. The van der Waals surface area contributed by atoms with E-state index in [0.717, 1.165) is 11.3 Å². The number of hydrogen-bond acceptors (Lipinski definition) is 7. The van der Waals surface area contributed by atoms with E-state index in [1.165, 1.54) is 30.0 Å². The summed E-state index contributed by atoms with van der Waals surface area (Å²) in [5.74, 6) is -0.694. The number of nitro benzene ring substituents is 1. The molecule has 2 aromatic carbocycles. The van der Waals surface area contributed by atoms with Crippen LogP contribution in [0.5, 0.6) is 0 Å². The van der Waals surface area contributed by atoms with Crippen LogP contribution in [0.4, 0.5) is 17.1 Å². The van der Waals surface area contributed by atoms with E-state index >= 15 is 0 Å². The number of carbonyl (C=O) groups is 2. The molecule has 0 saturated carbocycles. The van der Waals surface area contributed by atoms with E-state index in [0.29, 0.717) is 24.7 Å². The number of methoxy groups -OCH3 is 1. The molecule has 0 aliphatic carbocycles. The fraction of sp³-hybridized carbons (Fsp3) is 0.318. The first kappa shape index (κ1) is 24.7. The predicted molar refractivity (Wildman–Crippen MR) is 129 cm³/mol. The maximum Gasteiger partial charge on any atom is 0.271 e. The summed E-state index contributed by atoms with van der Waals surface area (Å²) < 4.78 is 5.10. The van der Waals surface area contributed by atoms with E-state index in [2.05, 4.69) is 10.3 Å². The van der Waals surface area contributed by atoms with Gasteiger partial charge in [0.2, 0.25) is 11.8 Å². The Bertz CT molecular complexity index is 1090. The van der Waals surface area contributed by atoms with Gasteiger partial charge in [0.1, 0.15) is 5.25 Å². The van der Waals surface area contributed by atoms with Gasteiger partial charge in [-0.25, -0.2) is 4.99 Å². The molecule has 33 heavy (non-hydrogen) atoms. The van der Waals surface area contributed by atoms with E-state index in [-0.39, 0.29) is 28.7 Å². The molecule has 0 spiro atoms. The number of rotatable bonds is 9. The fourth-order valence-corrected chi connectivity index (χ4v) is 4.52. The Morgan fingerprint density at radius 2 is 2.09 bits per heavy atom. The Morgan fingerprint density at radius 1 is 1.33 bits per heavy atom. The quantitative estimate of drug-likeness (QED) is 0.313. The molecule has 9 nitrogen and oxygen atoms in total. The van der Waals surface area contributed by atoms with Crippen LogP contribution in [-0.4, -0.2) is 52.3 Å². The number of halogens is 1. The van der Waals surface area contributed by atoms with Crippen molar-refractivity contribution in [1.82, 2.24) is 4.90 Å². The number of non-ortho nitro benzene ring substituents is 1. The average Bonchev–Trinajstić information content (AvgIpc) is 3.05. The monoisotopic (exact) mass is 490 g/mol. The van der Waals surface area contributed by atoms with Crippen LogP contribution in [0.15, 0.2) is 47.5 Å². The number of ether oxygens (including phenoxy) is 1. The van der Waals surface area contributed by atoms with Gasteiger partial charge in [0.15, 0.2) is 5.17 Å². The van der Waals surface area contributed by atoms with Gasteiger partial charge in [-0.3, -0.25) is 24.6 Å². The van der Waals surface area contributed by atoms with Crippen LogP contribution >= 0.6 is 23.4 Å². The van der Waals surface area contributed by atoms with E-state index in [1.54, 1.807) is 12.0 Å². The van der Waals surface area contributed by atoms with Crippen molar-refractivity contribution in [2.45, 2.75) is 25.0 Å². The summed E-state index contributed by atoms with van der Waals surface area (Å²) in [5.41, 5.74) is 1.64. The second kappa shape index (κ2) is 11.3. The molecule has 1 fully saturated rings. The zero-order valence-electron chi connectivity index (χ0n) is 18.1. The number of nitro groups is 1. The first-order chi connectivity index (χ1) is 15.8. The Kier molecular flexibility index (Phi) is 8.43. The molecule has 11 heteroatoms. The van der Waals surface area contributed by atoms with Crippen molar-refractivity contribution in [1.29, 1.82) is 0 Å². The number of para-hydroxylation sites is 1. The minimum atomic E-state index is -0.673. The van der Waals surface area contributed by atoms with Gasteiger partial charge >= 0.3 is 0 Å². The molecule has 3 rings (SSSR count). The highest BCUT2D eigenvalue weighted by Crippen LogP contribution is 2.33.